The largest absolute Gasteiger partial charge is 0.481 e. The molecule has 7 nitrogen and oxygen atoms in total. The van der Waals surface area contributed by atoms with E-state index >= 15 is 0 Å². The third kappa shape index (κ3) is 6.97. The number of methoxy groups -OCH3 is 1. The first kappa shape index (κ1) is 40.2. The molecule has 1 heterocycles. The van der Waals surface area contributed by atoms with Gasteiger partial charge in [0.05, 0.1) is 19.4 Å². The molecule has 6 aliphatic rings. The highest BCUT2D eigenvalue weighted by Gasteiger charge is 2.71. The highest BCUT2D eigenvalue weighted by molar-refractivity contribution is 5.73. The maximum absolute atomic E-state index is 13.3. The molecule has 296 valence electrons. The fourth-order valence-corrected chi connectivity index (χ4v) is 14.8. The lowest BCUT2D eigenvalue weighted by Gasteiger charge is -2.73. The van der Waals surface area contributed by atoms with Crippen molar-refractivity contribution in [3.05, 3.63) is 12.2 Å². The molecule has 0 aromatic carbocycles. The van der Waals surface area contributed by atoms with Gasteiger partial charge < -0.3 is 19.5 Å². The first-order valence-electron chi connectivity index (χ1n) is 21.3. The van der Waals surface area contributed by atoms with Crippen molar-refractivity contribution in [1.82, 2.24) is 9.80 Å². The Kier molecular flexibility index (Phi) is 11.3. The van der Waals surface area contributed by atoms with Crippen molar-refractivity contribution in [2.45, 2.75) is 145 Å². The number of esters is 1. The number of carboxylic acid groups (broad SMARTS) is 1. The quantitative estimate of drug-likeness (QED) is 0.159. The minimum Gasteiger partial charge on any atom is -0.481 e. The number of piperazine rings is 1. The first-order chi connectivity index (χ1) is 24.3. The van der Waals surface area contributed by atoms with Crippen LogP contribution in [0.1, 0.15) is 139 Å². The molecular weight excluding hydrogens is 649 g/mol. The topological polar surface area (TPSA) is 79.3 Å². The number of carbonyl (C=O) groups excluding carboxylic acids is 1. The molecule has 7 heteroatoms. The van der Waals surface area contributed by atoms with Gasteiger partial charge in [0.15, 0.2) is 0 Å². The van der Waals surface area contributed by atoms with Gasteiger partial charge in [-0.2, -0.15) is 0 Å². The van der Waals surface area contributed by atoms with E-state index in [1.165, 1.54) is 96.1 Å². The number of fused-ring (bicyclic) bond motifs is 7. The average molecular weight is 725 g/mol. The standard InChI is InChI=1S/C45H76N2O5/c1-31(2)32-13-18-45(21-22-46-23-25-47(26-24-46)27-28-51-10)20-19-43(8)33(39(32)45)11-12-35-42(7)16-15-36(41(5,6)34(42)14-17-44(35,43)9)52-38(50)30-40(3,4)29-37(48)49/h32-36,39H,1,11-30H2,2-10H3,(H,48,49)/t32-,33+,34-,35+,36-,39+,42-,43+,44+,45+/m0/s1. The SMILES string of the molecule is C=C(C)[C@@H]1CC[C@]2(CCN3CCN(CCOC)CC3)CC[C@]3(C)[C@H](CC[C@@H]4[C@@]5(C)CC[C@H](OC(=O)CC(C)(C)CC(=O)O)C(C)(C)[C@@H]5CC[C@]43C)[C@@H]12. The minimum absolute atomic E-state index is 0.0288. The zero-order chi connectivity index (χ0) is 37.9. The zero-order valence-electron chi connectivity index (χ0n) is 34.8. The van der Waals surface area contributed by atoms with Gasteiger partial charge in [-0.1, -0.05) is 60.6 Å². The van der Waals surface area contributed by atoms with Crippen LogP contribution in [0.2, 0.25) is 0 Å². The number of hydrogen-bond donors (Lipinski definition) is 1. The van der Waals surface area contributed by atoms with Crippen LogP contribution in [0.4, 0.5) is 0 Å². The second-order valence-corrected chi connectivity index (χ2v) is 21.2. The van der Waals surface area contributed by atoms with E-state index in [1.54, 1.807) is 0 Å². The van der Waals surface area contributed by atoms with Gasteiger partial charge in [-0.05, 0) is 141 Å². The molecule has 0 amide bonds. The van der Waals surface area contributed by atoms with Gasteiger partial charge in [-0.15, -0.1) is 0 Å². The van der Waals surface area contributed by atoms with Crippen LogP contribution >= 0.6 is 0 Å². The molecule has 0 radical (unpaired) electrons. The van der Waals surface area contributed by atoms with E-state index < -0.39 is 11.4 Å². The molecule has 0 bridgehead atoms. The third-order valence-corrected chi connectivity index (χ3v) is 17.7. The molecule has 5 aliphatic carbocycles. The fraction of sp³-hybridized carbons (Fsp3) is 0.911. The summed E-state index contributed by atoms with van der Waals surface area (Å²) in [6.45, 7) is 31.4. The third-order valence-electron chi connectivity index (χ3n) is 17.7. The van der Waals surface area contributed by atoms with Crippen molar-refractivity contribution in [1.29, 1.82) is 0 Å². The summed E-state index contributed by atoms with van der Waals surface area (Å²) in [6.07, 6.45) is 14.0. The number of hydrogen-bond acceptors (Lipinski definition) is 6. The van der Waals surface area contributed by atoms with E-state index in [1.807, 2.05) is 21.0 Å². The molecule has 6 fully saturated rings. The van der Waals surface area contributed by atoms with Crippen molar-refractivity contribution in [2.24, 2.45) is 62.1 Å². The molecule has 1 saturated heterocycles. The number of rotatable bonds is 12. The molecule has 1 N–H and O–H groups in total. The van der Waals surface area contributed by atoms with Crippen LogP contribution in [0.15, 0.2) is 12.2 Å². The van der Waals surface area contributed by atoms with E-state index in [-0.39, 0.29) is 35.7 Å². The Hall–Kier alpha value is -1.44. The van der Waals surface area contributed by atoms with Crippen molar-refractivity contribution in [3.63, 3.8) is 0 Å². The average Bonchev–Trinajstić information content (AvgIpc) is 3.44. The van der Waals surface area contributed by atoms with Crippen molar-refractivity contribution in [3.8, 4) is 0 Å². The number of carboxylic acids is 1. The van der Waals surface area contributed by atoms with Crippen LogP contribution in [0.3, 0.4) is 0 Å². The van der Waals surface area contributed by atoms with Crippen LogP contribution < -0.4 is 0 Å². The van der Waals surface area contributed by atoms with Gasteiger partial charge in [-0.25, -0.2) is 0 Å². The first-order valence-corrected chi connectivity index (χ1v) is 21.3. The summed E-state index contributed by atoms with van der Waals surface area (Å²) in [5.74, 6) is 2.26. The molecule has 6 rings (SSSR count). The molecule has 10 atom stereocenters. The fourth-order valence-electron chi connectivity index (χ4n) is 14.8. The van der Waals surface area contributed by atoms with Gasteiger partial charge in [0.1, 0.15) is 6.10 Å². The summed E-state index contributed by atoms with van der Waals surface area (Å²) in [7, 11) is 1.81. The van der Waals surface area contributed by atoms with Gasteiger partial charge >= 0.3 is 11.9 Å². The van der Waals surface area contributed by atoms with Gasteiger partial charge in [0.25, 0.3) is 0 Å². The van der Waals surface area contributed by atoms with Crippen LogP contribution in [0, 0.1) is 62.1 Å². The van der Waals surface area contributed by atoms with E-state index in [2.05, 4.69) is 57.9 Å². The maximum Gasteiger partial charge on any atom is 0.306 e. The lowest BCUT2D eigenvalue weighted by Crippen LogP contribution is -2.66. The van der Waals surface area contributed by atoms with Gasteiger partial charge in [0, 0.05) is 45.2 Å². The predicted molar refractivity (Wildman–Crippen MR) is 209 cm³/mol. The summed E-state index contributed by atoms with van der Waals surface area (Å²) in [5, 5.41) is 9.36. The molecule has 5 saturated carbocycles. The molecular formula is C45H76N2O5. The van der Waals surface area contributed by atoms with Crippen molar-refractivity contribution >= 4 is 11.9 Å². The van der Waals surface area contributed by atoms with Crippen LogP contribution in [-0.4, -0.2) is 85.9 Å². The van der Waals surface area contributed by atoms with E-state index in [9.17, 15) is 14.7 Å². The van der Waals surface area contributed by atoms with Crippen LogP contribution in [0.25, 0.3) is 0 Å². The van der Waals surface area contributed by atoms with Crippen LogP contribution in [-0.2, 0) is 19.1 Å². The molecule has 0 unspecified atom stereocenters. The number of aliphatic carboxylic acids is 1. The second kappa shape index (κ2) is 14.6. The number of nitrogens with zero attached hydrogens (tertiary/aromatic N) is 2. The minimum atomic E-state index is -0.866. The molecule has 0 aromatic rings. The summed E-state index contributed by atoms with van der Waals surface area (Å²) in [4.78, 5) is 30.0. The summed E-state index contributed by atoms with van der Waals surface area (Å²) >= 11 is 0. The number of carbonyl (C=O) groups is 2. The lowest BCUT2D eigenvalue weighted by atomic mass is 9.32. The predicted octanol–water partition coefficient (Wildman–Crippen LogP) is 9.10. The van der Waals surface area contributed by atoms with Crippen molar-refractivity contribution < 1.29 is 24.2 Å². The highest BCUT2D eigenvalue weighted by atomic mass is 16.5. The number of allylic oxidation sites excluding steroid dienone is 1. The number of ether oxygens (including phenoxy) is 2. The van der Waals surface area contributed by atoms with E-state index in [0.717, 1.165) is 37.8 Å². The Morgan fingerprint density at radius 2 is 1.48 bits per heavy atom. The van der Waals surface area contributed by atoms with Gasteiger partial charge in [-0.3, -0.25) is 14.5 Å². The zero-order valence-corrected chi connectivity index (χ0v) is 34.8. The summed E-state index contributed by atoms with van der Waals surface area (Å²) in [6, 6.07) is 0. The van der Waals surface area contributed by atoms with Crippen molar-refractivity contribution in [2.75, 3.05) is 53.0 Å². The molecule has 52 heavy (non-hydrogen) atoms. The highest BCUT2D eigenvalue weighted by Crippen LogP contribution is 2.78. The lowest BCUT2D eigenvalue weighted by molar-refractivity contribution is -0.250. The van der Waals surface area contributed by atoms with E-state index in [0.29, 0.717) is 34.0 Å². The Bertz CT molecular complexity index is 1340. The Balaban J connectivity index is 1.18. The van der Waals surface area contributed by atoms with Gasteiger partial charge in [0.2, 0.25) is 0 Å². The Morgan fingerprint density at radius 3 is 2.12 bits per heavy atom. The molecule has 0 spiro atoms. The maximum atomic E-state index is 13.3. The molecule has 0 aromatic heterocycles. The summed E-state index contributed by atoms with van der Waals surface area (Å²) in [5.41, 5.74) is 2.00. The smallest absolute Gasteiger partial charge is 0.306 e. The Morgan fingerprint density at radius 1 is 0.808 bits per heavy atom. The summed E-state index contributed by atoms with van der Waals surface area (Å²) < 4.78 is 11.7. The second-order valence-electron chi connectivity index (χ2n) is 21.2. The van der Waals surface area contributed by atoms with E-state index in [4.69, 9.17) is 9.47 Å². The normalized spacial score (nSPS) is 42.0. The monoisotopic (exact) mass is 725 g/mol. The molecule has 1 aliphatic heterocycles. The van der Waals surface area contributed by atoms with Crippen LogP contribution in [0.5, 0.6) is 0 Å². The Labute approximate surface area is 317 Å².